The zero-order valence-electron chi connectivity index (χ0n) is 12.7. The van der Waals surface area contributed by atoms with Crippen LogP contribution in [0.4, 0.5) is 10.1 Å². The summed E-state index contributed by atoms with van der Waals surface area (Å²) >= 11 is 0. The number of anilines is 1. The number of benzene rings is 1. The van der Waals surface area contributed by atoms with Gasteiger partial charge in [0.05, 0.1) is 5.69 Å². The van der Waals surface area contributed by atoms with Crippen LogP contribution in [0, 0.1) is 5.82 Å². The molecule has 20 heavy (non-hydrogen) atoms. The fourth-order valence-electron chi connectivity index (χ4n) is 2.63. The van der Waals surface area contributed by atoms with E-state index in [9.17, 15) is 4.39 Å². The molecule has 0 amide bonds. The van der Waals surface area contributed by atoms with Gasteiger partial charge in [-0.15, -0.1) is 0 Å². The average Bonchev–Trinajstić information content (AvgIpc) is 2.48. The quantitative estimate of drug-likeness (QED) is 0.807. The van der Waals surface area contributed by atoms with Crippen molar-refractivity contribution in [3.05, 3.63) is 29.6 Å². The molecule has 1 aliphatic heterocycles. The molecule has 0 radical (unpaired) electrons. The van der Waals surface area contributed by atoms with E-state index in [2.05, 4.69) is 29.0 Å². The van der Waals surface area contributed by atoms with Crippen molar-refractivity contribution >= 4 is 5.69 Å². The molecule has 3 nitrogen and oxygen atoms in total. The molecule has 4 heteroatoms. The standard InChI is InChI=1S/C16H26FN3/c1-3-7-18-13-14-5-6-16(15(17)12-14)20-10-8-19(4-2)9-11-20/h5-6,12,18H,3-4,7-11,13H2,1-2H3. The van der Waals surface area contributed by atoms with Crippen molar-refractivity contribution in [2.75, 3.05) is 44.2 Å². The summed E-state index contributed by atoms with van der Waals surface area (Å²) in [5, 5.41) is 3.30. The Morgan fingerprint density at radius 2 is 1.90 bits per heavy atom. The van der Waals surface area contributed by atoms with Crippen LogP contribution >= 0.6 is 0 Å². The van der Waals surface area contributed by atoms with Crippen molar-refractivity contribution in [2.45, 2.75) is 26.8 Å². The Balaban J connectivity index is 1.95. The number of nitrogens with one attached hydrogen (secondary N) is 1. The minimum absolute atomic E-state index is 0.0919. The lowest BCUT2D eigenvalue weighted by atomic mass is 10.1. The Bertz CT molecular complexity index is 414. The number of rotatable bonds is 6. The smallest absolute Gasteiger partial charge is 0.146 e. The average molecular weight is 279 g/mol. The minimum Gasteiger partial charge on any atom is -0.367 e. The topological polar surface area (TPSA) is 18.5 Å². The Kier molecular flexibility index (Phi) is 5.80. The second-order valence-electron chi connectivity index (χ2n) is 5.38. The molecule has 0 spiro atoms. The lowest BCUT2D eigenvalue weighted by Gasteiger charge is -2.35. The predicted molar refractivity (Wildman–Crippen MR) is 82.7 cm³/mol. The summed E-state index contributed by atoms with van der Waals surface area (Å²) in [6.07, 6.45) is 1.10. The van der Waals surface area contributed by atoms with Gasteiger partial charge in [0, 0.05) is 32.7 Å². The summed E-state index contributed by atoms with van der Waals surface area (Å²) in [4.78, 5) is 4.56. The molecular weight excluding hydrogens is 253 g/mol. The van der Waals surface area contributed by atoms with E-state index in [0.29, 0.717) is 0 Å². The van der Waals surface area contributed by atoms with Gasteiger partial charge in [-0.3, -0.25) is 0 Å². The normalized spacial score (nSPS) is 16.6. The highest BCUT2D eigenvalue weighted by molar-refractivity contribution is 5.49. The van der Waals surface area contributed by atoms with Gasteiger partial charge in [-0.2, -0.15) is 0 Å². The highest BCUT2D eigenvalue weighted by Gasteiger charge is 2.18. The van der Waals surface area contributed by atoms with E-state index in [4.69, 9.17) is 0 Å². The van der Waals surface area contributed by atoms with Crippen molar-refractivity contribution in [3.8, 4) is 0 Å². The Labute approximate surface area is 121 Å². The van der Waals surface area contributed by atoms with E-state index in [0.717, 1.165) is 63.5 Å². The van der Waals surface area contributed by atoms with Gasteiger partial charge in [0.15, 0.2) is 0 Å². The monoisotopic (exact) mass is 279 g/mol. The van der Waals surface area contributed by atoms with Gasteiger partial charge in [-0.25, -0.2) is 4.39 Å². The second-order valence-corrected chi connectivity index (χ2v) is 5.38. The van der Waals surface area contributed by atoms with Gasteiger partial charge in [-0.1, -0.05) is 19.9 Å². The van der Waals surface area contributed by atoms with E-state index in [-0.39, 0.29) is 5.82 Å². The third-order valence-corrected chi connectivity index (χ3v) is 3.93. The van der Waals surface area contributed by atoms with Crippen LogP contribution in [-0.2, 0) is 6.54 Å². The summed E-state index contributed by atoms with van der Waals surface area (Å²) in [5.74, 6) is -0.0919. The second kappa shape index (κ2) is 7.60. The summed E-state index contributed by atoms with van der Waals surface area (Å²) < 4.78 is 14.2. The van der Waals surface area contributed by atoms with Crippen molar-refractivity contribution in [1.82, 2.24) is 10.2 Å². The molecule has 1 saturated heterocycles. The first-order valence-corrected chi connectivity index (χ1v) is 7.71. The van der Waals surface area contributed by atoms with Crippen LogP contribution < -0.4 is 10.2 Å². The maximum Gasteiger partial charge on any atom is 0.146 e. The van der Waals surface area contributed by atoms with Gasteiger partial charge in [-0.05, 0) is 37.2 Å². The molecule has 2 rings (SSSR count). The first kappa shape index (κ1) is 15.3. The fraction of sp³-hybridized carbons (Fsp3) is 0.625. The van der Waals surface area contributed by atoms with Crippen LogP contribution in [-0.4, -0.2) is 44.2 Å². The molecule has 112 valence electrons. The van der Waals surface area contributed by atoms with Crippen LogP contribution in [0.3, 0.4) is 0 Å². The number of hydrogen-bond acceptors (Lipinski definition) is 3. The zero-order chi connectivity index (χ0) is 14.4. The van der Waals surface area contributed by atoms with Crippen molar-refractivity contribution < 1.29 is 4.39 Å². The summed E-state index contributed by atoms with van der Waals surface area (Å²) in [7, 11) is 0. The fourth-order valence-corrected chi connectivity index (χ4v) is 2.63. The molecule has 0 aliphatic carbocycles. The maximum atomic E-state index is 14.2. The lowest BCUT2D eigenvalue weighted by Crippen LogP contribution is -2.46. The van der Waals surface area contributed by atoms with Crippen LogP contribution in [0.5, 0.6) is 0 Å². The van der Waals surface area contributed by atoms with Crippen molar-refractivity contribution in [2.24, 2.45) is 0 Å². The molecule has 0 atom stereocenters. The van der Waals surface area contributed by atoms with Gasteiger partial charge in [0.25, 0.3) is 0 Å². The summed E-state index contributed by atoms with van der Waals surface area (Å²) in [6, 6.07) is 5.64. The van der Waals surface area contributed by atoms with Gasteiger partial charge >= 0.3 is 0 Å². The molecule has 1 aromatic rings. The molecule has 0 aromatic heterocycles. The third-order valence-electron chi connectivity index (χ3n) is 3.93. The van der Waals surface area contributed by atoms with E-state index in [1.807, 2.05) is 12.1 Å². The first-order chi connectivity index (χ1) is 9.74. The van der Waals surface area contributed by atoms with Crippen LogP contribution in [0.15, 0.2) is 18.2 Å². The van der Waals surface area contributed by atoms with Gasteiger partial charge in [0.2, 0.25) is 0 Å². The highest BCUT2D eigenvalue weighted by Crippen LogP contribution is 2.22. The SMILES string of the molecule is CCCNCc1ccc(N2CCN(CC)CC2)c(F)c1. The van der Waals surface area contributed by atoms with Crippen molar-refractivity contribution in [3.63, 3.8) is 0 Å². The van der Waals surface area contributed by atoms with Gasteiger partial charge in [0.1, 0.15) is 5.82 Å². The Morgan fingerprint density at radius 3 is 2.50 bits per heavy atom. The third kappa shape index (κ3) is 3.93. The predicted octanol–water partition coefficient (Wildman–Crippen LogP) is 2.47. The van der Waals surface area contributed by atoms with E-state index < -0.39 is 0 Å². The largest absolute Gasteiger partial charge is 0.367 e. The number of piperazine rings is 1. The molecule has 1 fully saturated rings. The Hall–Kier alpha value is -1.13. The van der Waals surface area contributed by atoms with Crippen LogP contribution in [0.1, 0.15) is 25.8 Å². The number of halogens is 1. The number of hydrogen-bond donors (Lipinski definition) is 1. The Morgan fingerprint density at radius 1 is 1.15 bits per heavy atom. The van der Waals surface area contributed by atoms with E-state index in [1.54, 1.807) is 6.07 Å². The zero-order valence-corrected chi connectivity index (χ0v) is 12.7. The number of likely N-dealkylation sites (N-methyl/N-ethyl adjacent to an activating group) is 1. The van der Waals surface area contributed by atoms with E-state index >= 15 is 0 Å². The molecule has 1 aliphatic rings. The molecule has 1 aromatic carbocycles. The molecule has 0 saturated carbocycles. The van der Waals surface area contributed by atoms with Crippen LogP contribution in [0.25, 0.3) is 0 Å². The lowest BCUT2D eigenvalue weighted by molar-refractivity contribution is 0.270. The van der Waals surface area contributed by atoms with Crippen molar-refractivity contribution in [1.29, 1.82) is 0 Å². The molecule has 1 N–H and O–H groups in total. The van der Waals surface area contributed by atoms with Gasteiger partial charge < -0.3 is 15.1 Å². The van der Waals surface area contributed by atoms with Crippen LogP contribution in [0.2, 0.25) is 0 Å². The first-order valence-electron chi connectivity index (χ1n) is 7.71. The minimum atomic E-state index is -0.0919. The summed E-state index contributed by atoms with van der Waals surface area (Å²) in [5.41, 5.74) is 1.77. The molecule has 0 unspecified atom stereocenters. The molecule has 1 heterocycles. The maximum absolute atomic E-state index is 14.2. The number of nitrogens with zero attached hydrogens (tertiary/aromatic N) is 2. The highest BCUT2D eigenvalue weighted by atomic mass is 19.1. The van der Waals surface area contributed by atoms with E-state index in [1.165, 1.54) is 0 Å². The molecule has 0 bridgehead atoms. The summed E-state index contributed by atoms with van der Waals surface area (Å²) in [6.45, 7) is 11.0. The molecular formula is C16H26FN3.